The SMILES string of the molecule is O=C(c1cncn1-c1ccc(F)cc1)N1CCCCC1. The van der Waals surface area contributed by atoms with Gasteiger partial charge in [-0.15, -0.1) is 0 Å². The first-order valence-electron chi connectivity index (χ1n) is 6.83. The average molecular weight is 273 g/mol. The van der Waals surface area contributed by atoms with E-state index in [1.54, 1.807) is 29.2 Å². The van der Waals surface area contributed by atoms with Crippen molar-refractivity contribution < 1.29 is 9.18 Å². The number of hydrogen-bond donors (Lipinski definition) is 0. The molecule has 1 aliphatic rings. The van der Waals surface area contributed by atoms with E-state index >= 15 is 0 Å². The quantitative estimate of drug-likeness (QED) is 0.843. The Morgan fingerprint density at radius 2 is 1.80 bits per heavy atom. The highest BCUT2D eigenvalue weighted by Crippen LogP contribution is 2.16. The Kier molecular flexibility index (Phi) is 3.50. The average Bonchev–Trinajstić information content (AvgIpc) is 2.97. The van der Waals surface area contributed by atoms with Crippen LogP contribution in [0.2, 0.25) is 0 Å². The van der Waals surface area contributed by atoms with Crippen LogP contribution in [0.25, 0.3) is 5.69 Å². The molecule has 1 aliphatic heterocycles. The number of aromatic nitrogens is 2. The van der Waals surface area contributed by atoms with Gasteiger partial charge in [-0.3, -0.25) is 9.36 Å². The summed E-state index contributed by atoms with van der Waals surface area (Å²) in [6.07, 6.45) is 6.44. The van der Waals surface area contributed by atoms with E-state index in [0.29, 0.717) is 5.69 Å². The summed E-state index contributed by atoms with van der Waals surface area (Å²) >= 11 is 0. The van der Waals surface area contributed by atoms with E-state index in [4.69, 9.17) is 0 Å². The van der Waals surface area contributed by atoms with Gasteiger partial charge in [-0.05, 0) is 43.5 Å². The van der Waals surface area contributed by atoms with Crippen LogP contribution in [0, 0.1) is 5.82 Å². The Morgan fingerprint density at radius 1 is 1.10 bits per heavy atom. The van der Waals surface area contributed by atoms with E-state index < -0.39 is 0 Å². The molecule has 0 radical (unpaired) electrons. The van der Waals surface area contributed by atoms with Crippen molar-refractivity contribution in [2.24, 2.45) is 0 Å². The fourth-order valence-electron chi connectivity index (χ4n) is 2.52. The van der Waals surface area contributed by atoms with Crippen LogP contribution in [0.3, 0.4) is 0 Å². The highest BCUT2D eigenvalue weighted by atomic mass is 19.1. The zero-order valence-corrected chi connectivity index (χ0v) is 11.1. The number of carbonyl (C=O) groups excluding carboxylic acids is 1. The minimum absolute atomic E-state index is 0.00785. The van der Waals surface area contributed by atoms with Crippen molar-refractivity contribution in [3.8, 4) is 5.69 Å². The minimum atomic E-state index is -0.294. The predicted octanol–water partition coefficient (Wildman–Crippen LogP) is 2.64. The minimum Gasteiger partial charge on any atom is -0.337 e. The predicted molar refractivity (Wildman–Crippen MR) is 73.3 cm³/mol. The van der Waals surface area contributed by atoms with Crippen molar-refractivity contribution in [3.05, 3.63) is 48.3 Å². The molecule has 1 fully saturated rings. The van der Waals surface area contributed by atoms with Gasteiger partial charge in [-0.1, -0.05) is 0 Å². The van der Waals surface area contributed by atoms with Crippen LogP contribution in [-0.2, 0) is 0 Å². The lowest BCUT2D eigenvalue weighted by atomic mass is 10.1. The lowest BCUT2D eigenvalue weighted by Crippen LogP contribution is -2.36. The van der Waals surface area contributed by atoms with Crippen LogP contribution in [0.5, 0.6) is 0 Å². The zero-order chi connectivity index (χ0) is 13.9. The Morgan fingerprint density at radius 3 is 2.50 bits per heavy atom. The molecule has 104 valence electrons. The van der Waals surface area contributed by atoms with Gasteiger partial charge in [0.2, 0.25) is 0 Å². The lowest BCUT2D eigenvalue weighted by Gasteiger charge is -2.26. The molecule has 1 amide bonds. The largest absolute Gasteiger partial charge is 0.337 e. The molecule has 3 rings (SSSR count). The maximum atomic E-state index is 13.0. The number of amides is 1. The Balaban J connectivity index is 1.89. The molecule has 5 heteroatoms. The zero-order valence-electron chi connectivity index (χ0n) is 11.1. The summed E-state index contributed by atoms with van der Waals surface area (Å²) in [6, 6.07) is 6.04. The summed E-state index contributed by atoms with van der Waals surface area (Å²) in [5, 5.41) is 0. The van der Waals surface area contributed by atoms with E-state index in [1.807, 2.05) is 4.90 Å². The second kappa shape index (κ2) is 5.45. The molecule has 2 aromatic rings. The van der Waals surface area contributed by atoms with Gasteiger partial charge in [0.25, 0.3) is 5.91 Å². The molecule has 4 nitrogen and oxygen atoms in total. The number of nitrogens with zero attached hydrogens (tertiary/aromatic N) is 3. The molecule has 2 heterocycles. The maximum Gasteiger partial charge on any atom is 0.272 e. The van der Waals surface area contributed by atoms with E-state index in [9.17, 15) is 9.18 Å². The first kappa shape index (κ1) is 12.8. The topological polar surface area (TPSA) is 38.1 Å². The number of hydrogen-bond acceptors (Lipinski definition) is 2. The fourth-order valence-corrected chi connectivity index (χ4v) is 2.52. The van der Waals surface area contributed by atoms with Crippen LogP contribution >= 0.6 is 0 Å². The van der Waals surface area contributed by atoms with Crippen LogP contribution < -0.4 is 0 Å². The normalized spacial score (nSPS) is 15.3. The van der Waals surface area contributed by atoms with E-state index in [2.05, 4.69) is 4.98 Å². The third-order valence-electron chi connectivity index (χ3n) is 3.61. The Labute approximate surface area is 116 Å². The number of carbonyl (C=O) groups is 1. The Hall–Kier alpha value is -2.17. The summed E-state index contributed by atoms with van der Waals surface area (Å²) in [7, 11) is 0. The third-order valence-corrected chi connectivity index (χ3v) is 3.61. The van der Waals surface area contributed by atoms with Gasteiger partial charge < -0.3 is 4.90 Å². The number of likely N-dealkylation sites (tertiary alicyclic amines) is 1. The molecule has 0 atom stereocenters. The molecule has 0 spiro atoms. The van der Waals surface area contributed by atoms with Crippen LogP contribution in [0.15, 0.2) is 36.8 Å². The summed E-state index contributed by atoms with van der Waals surface area (Å²) in [5.41, 5.74) is 1.27. The number of halogens is 1. The van der Waals surface area contributed by atoms with Crippen molar-refractivity contribution in [1.82, 2.24) is 14.5 Å². The van der Waals surface area contributed by atoms with Gasteiger partial charge in [-0.25, -0.2) is 9.37 Å². The van der Waals surface area contributed by atoms with Crippen molar-refractivity contribution in [3.63, 3.8) is 0 Å². The standard InChI is InChI=1S/C15H16FN3O/c16-12-4-6-13(7-5-12)19-11-17-10-14(19)15(20)18-8-2-1-3-9-18/h4-7,10-11H,1-3,8-9H2. The van der Waals surface area contributed by atoms with Crippen LogP contribution in [0.4, 0.5) is 4.39 Å². The smallest absolute Gasteiger partial charge is 0.272 e. The summed E-state index contributed by atoms with van der Waals surface area (Å²) < 4.78 is 14.7. The van der Waals surface area contributed by atoms with E-state index in [1.165, 1.54) is 18.6 Å². The second-order valence-electron chi connectivity index (χ2n) is 4.98. The first-order chi connectivity index (χ1) is 9.75. The van der Waals surface area contributed by atoms with Gasteiger partial charge in [-0.2, -0.15) is 0 Å². The molecule has 1 aromatic carbocycles. The number of rotatable bonds is 2. The number of imidazole rings is 1. The monoisotopic (exact) mass is 273 g/mol. The van der Waals surface area contributed by atoms with Crippen LogP contribution in [0.1, 0.15) is 29.8 Å². The third kappa shape index (κ3) is 2.43. The van der Waals surface area contributed by atoms with Gasteiger partial charge in [0.1, 0.15) is 11.5 Å². The van der Waals surface area contributed by atoms with Crippen molar-refractivity contribution in [1.29, 1.82) is 0 Å². The fraction of sp³-hybridized carbons (Fsp3) is 0.333. The maximum absolute atomic E-state index is 13.0. The summed E-state index contributed by atoms with van der Waals surface area (Å²) in [4.78, 5) is 18.4. The van der Waals surface area contributed by atoms with Crippen LogP contribution in [-0.4, -0.2) is 33.4 Å². The summed E-state index contributed by atoms with van der Waals surface area (Å²) in [5.74, 6) is -0.302. The van der Waals surface area contributed by atoms with Crippen molar-refractivity contribution >= 4 is 5.91 Å². The molecule has 0 bridgehead atoms. The van der Waals surface area contributed by atoms with Gasteiger partial charge in [0.15, 0.2) is 0 Å². The van der Waals surface area contributed by atoms with Gasteiger partial charge >= 0.3 is 0 Å². The second-order valence-corrected chi connectivity index (χ2v) is 4.98. The highest BCUT2D eigenvalue weighted by Gasteiger charge is 2.21. The molecule has 20 heavy (non-hydrogen) atoms. The van der Waals surface area contributed by atoms with Crippen molar-refractivity contribution in [2.45, 2.75) is 19.3 Å². The molecule has 0 aliphatic carbocycles. The van der Waals surface area contributed by atoms with E-state index in [-0.39, 0.29) is 11.7 Å². The molecule has 0 unspecified atom stereocenters. The lowest BCUT2D eigenvalue weighted by molar-refractivity contribution is 0.0716. The molecule has 0 saturated carbocycles. The molecular formula is C15H16FN3O. The first-order valence-corrected chi connectivity index (χ1v) is 6.83. The van der Waals surface area contributed by atoms with Crippen molar-refractivity contribution in [2.75, 3.05) is 13.1 Å². The Bertz CT molecular complexity index is 600. The van der Waals surface area contributed by atoms with Gasteiger partial charge in [0, 0.05) is 18.8 Å². The summed E-state index contributed by atoms with van der Waals surface area (Å²) in [6.45, 7) is 1.60. The van der Waals surface area contributed by atoms with Gasteiger partial charge in [0.05, 0.1) is 12.5 Å². The molecule has 1 saturated heterocycles. The molecular weight excluding hydrogens is 257 g/mol. The molecule has 0 N–H and O–H groups in total. The number of benzene rings is 1. The number of piperidine rings is 1. The molecule has 1 aromatic heterocycles. The van der Waals surface area contributed by atoms with E-state index in [0.717, 1.165) is 31.6 Å². The highest BCUT2D eigenvalue weighted by molar-refractivity contribution is 5.93.